The van der Waals surface area contributed by atoms with E-state index < -0.39 is 0 Å². The van der Waals surface area contributed by atoms with E-state index in [1.807, 2.05) is 0 Å². The van der Waals surface area contributed by atoms with E-state index in [2.05, 4.69) is 19.2 Å². The van der Waals surface area contributed by atoms with Crippen LogP contribution in [0.3, 0.4) is 0 Å². The molecule has 48 valence electrons. The van der Waals surface area contributed by atoms with Crippen LogP contribution in [-0.2, 0) is 4.79 Å². The molecule has 0 amide bonds. The lowest BCUT2D eigenvalue weighted by Gasteiger charge is -1.93. The molecule has 0 unspecified atom stereocenters. The van der Waals surface area contributed by atoms with E-state index in [1.165, 1.54) is 6.42 Å². The van der Waals surface area contributed by atoms with E-state index in [0.717, 1.165) is 11.1 Å². The van der Waals surface area contributed by atoms with E-state index in [9.17, 15) is 4.79 Å². The van der Waals surface area contributed by atoms with Crippen molar-refractivity contribution in [3.8, 4) is 0 Å². The molecule has 1 rings (SSSR count). The van der Waals surface area contributed by atoms with Gasteiger partial charge < -0.3 is 0 Å². The topological polar surface area (TPSA) is 17.1 Å². The molecule has 1 nitrogen and oxygen atoms in total. The van der Waals surface area contributed by atoms with Gasteiger partial charge in [-0.05, 0) is 6.58 Å². The van der Waals surface area contributed by atoms with Crippen molar-refractivity contribution in [2.75, 3.05) is 0 Å². The Kier molecular flexibility index (Phi) is 1.44. The summed E-state index contributed by atoms with van der Waals surface area (Å²) in [7, 11) is 0. The van der Waals surface area contributed by atoms with Gasteiger partial charge in [-0.15, -0.1) is 0 Å². The molecule has 0 fully saturated rings. The minimum absolute atomic E-state index is 0.116. The van der Waals surface area contributed by atoms with E-state index in [1.54, 1.807) is 6.92 Å². The molecule has 0 spiro atoms. The molecule has 1 aliphatic carbocycles. The molecular weight excluding hydrogens is 124 g/mol. The van der Waals surface area contributed by atoms with Crippen molar-refractivity contribution in [2.45, 2.75) is 6.92 Å². The fraction of sp³-hybridized carbons (Fsp3) is 0.111. The van der Waals surface area contributed by atoms with Gasteiger partial charge in [0, 0.05) is 6.92 Å². The Hall–Kier alpha value is -1.33. The molecule has 0 heterocycles. The van der Waals surface area contributed by atoms with Crippen molar-refractivity contribution in [2.24, 2.45) is 0 Å². The van der Waals surface area contributed by atoms with Crippen LogP contribution in [0.1, 0.15) is 6.92 Å². The van der Waals surface area contributed by atoms with Gasteiger partial charge in [0.2, 0.25) is 5.57 Å². The Morgan fingerprint density at radius 3 is 2.60 bits per heavy atom. The predicted octanol–water partition coefficient (Wildman–Crippen LogP) is 1.64. The van der Waals surface area contributed by atoms with Crippen molar-refractivity contribution < 1.29 is 4.79 Å². The van der Waals surface area contributed by atoms with Gasteiger partial charge in [0.25, 0.3) is 0 Å². The summed E-state index contributed by atoms with van der Waals surface area (Å²) in [5.74, 6) is -0.116. The zero-order valence-electron chi connectivity index (χ0n) is 5.90. The van der Waals surface area contributed by atoms with Gasteiger partial charge >= 0.3 is 5.78 Å². The highest BCUT2D eigenvalue weighted by atomic mass is 16.1. The second-order valence-corrected chi connectivity index (χ2v) is 2.26. The third kappa shape index (κ3) is 0.996. The highest BCUT2D eigenvalue weighted by Crippen LogP contribution is 2.22. The first-order valence-electron chi connectivity index (χ1n) is 2.99. The number of hydrogen-bond acceptors (Lipinski definition) is 1. The molecule has 10 heavy (non-hydrogen) atoms. The maximum Gasteiger partial charge on any atom is 0.401 e. The molecule has 0 aromatic rings. The molecule has 0 aromatic heterocycles. The van der Waals surface area contributed by atoms with Gasteiger partial charge in [0.1, 0.15) is 0 Å². The zero-order valence-corrected chi connectivity index (χ0v) is 5.90. The minimum atomic E-state index is -0.116. The number of carbonyl (C=O) groups excluding carboxylic acids is 1. The summed E-state index contributed by atoms with van der Waals surface area (Å²) in [6, 6.07) is 0. The van der Waals surface area contributed by atoms with Crippen LogP contribution in [0.5, 0.6) is 0 Å². The smallest absolute Gasteiger partial charge is 0.229 e. The monoisotopic (exact) mass is 132 g/mol. The molecule has 0 bridgehead atoms. The van der Waals surface area contributed by atoms with Crippen LogP contribution in [0.2, 0.25) is 0 Å². The zero-order chi connectivity index (χ0) is 7.72. The first-order chi connectivity index (χ1) is 4.61. The Morgan fingerprint density at radius 2 is 2.10 bits per heavy atom. The molecule has 0 atom stereocenters. The molecule has 0 aromatic carbocycles. The number of carbonyl (C=O) groups is 1. The van der Waals surface area contributed by atoms with E-state index in [0.29, 0.717) is 5.57 Å². The standard InChI is InChI=1S/C9H8O/c1-6-4-9(10)5-7(2)8(6)3/h4H,1,3H2,2H3/q+2. The summed E-state index contributed by atoms with van der Waals surface area (Å²) in [5, 5.41) is 0. The quantitative estimate of drug-likeness (QED) is 0.458. The van der Waals surface area contributed by atoms with Crippen molar-refractivity contribution in [1.82, 2.24) is 0 Å². The summed E-state index contributed by atoms with van der Waals surface area (Å²) in [6.07, 6.45) is 4.06. The van der Waals surface area contributed by atoms with Crippen molar-refractivity contribution in [3.05, 3.63) is 42.4 Å². The summed E-state index contributed by atoms with van der Waals surface area (Å²) >= 11 is 0. The van der Waals surface area contributed by atoms with E-state index in [4.69, 9.17) is 0 Å². The van der Waals surface area contributed by atoms with Crippen molar-refractivity contribution >= 4 is 5.78 Å². The molecule has 0 radical (unpaired) electrons. The summed E-state index contributed by atoms with van der Waals surface area (Å²) in [5.41, 5.74) is 2.29. The van der Waals surface area contributed by atoms with Gasteiger partial charge in [-0.2, -0.15) is 0 Å². The Morgan fingerprint density at radius 1 is 1.50 bits per heavy atom. The minimum Gasteiger partial charge on any atom is -0.229 e. The molecule has 1 heteroatoms. The van der Waals surface area contributed by atoms with Gasteiger partial charge in [-0.3, -0.25) is 0 Å². The molecule has 0 saturated carbocycles. The van der Waals surface area contributed by atoms with Crippen molar-refractivity contribution in [1.29, 1.82) is 0 Å². The fourth-order valence-electron chi connectivity index (χ4n) is 0.783. The van der Waals surface area contributed by atoms with E-state index in [-0.39, 0.29) is 5.78 Å². The normalized spacial score (nSPS) is 17.7. The second-order valence-electron chi connectivity index (χ2n) is 2.26. The maximum atomic E-state index is 10.7. The first kappa shape index (κ1) is 6.79. The lowest BCUT2D eigenvalue weighted by atomic mass is 9.91. The van der Waals surface area contributed by atoms with Crippen LogP contribution in [-0.4, -0.2) is 5.78 Å². The van der Waals surface area contributed by atoms with Crippen LogP contribution in [0.4, 0.5) is 0 Å². The Labute approximate surface area is 60.7 Å². The molecular formula is C9H8O+2. The molecule has 0 saturated heterocycles. The third-order valence-electron chi connectivity index (χ3n) is 1.46. The largest absolute Gasteiger partial charge is 0.401 e. The van der Waals surface area contributed by atoms with Crippen LogP contribution in [0.15, 0.2) is 29.9 Å². The lowest BCUT2D eigenvalue weighted by molar-refractivity contribution is -0.112. The lowest BCUT2D eigenvalue weighted by Crippen LogP contribution is -2.07. The van der Waals surface area contributed by atoms with E-state index >= 15 is 0 Å². The number of allylic oxidation sites excluding steroid dienone is 4. The van der Waals surface area contributed by atoms with Crippen LogP contribution in [0.25, 0.3) is 0 Å². The number of hydrogen-bond donors (Lipinski definition) is 0. The van der Waals surface area contributed by atoms with Gasteiger partial charge in [-0.25, -0.2) is 4.79 Å². The maximum absolute atomic E-state index is 10.7. The number of ketones is 1. The molecule has 0 N–H and O–H groups in total. The Bertz CT molecular complexity index is 243. The second kappa shape index (κ2) is 2.13. The fourth-order valence-corrected chi connectivity index (χ4v) is 0.783. The molecule has 0 aliphatic heterocycles. The van der Waals surface area contributed by atoms with Crippen LogP contribution in [0, 0.1) is 12.5 Å². The van der Waals surface area contributed by atoms with Gasteiger partial charge in [-0.1, -0.05) is 0 Å². The van der Waals surface area contributed by atoms with Gasteiger partial charge in [0.15, 0.2) is 23.6 Å². The first-order valence-corrected chi connectivity index (χ1v) is 2.99. The van der Waals surface area contributed by atoms with Crippen LogP contribution < -0.4 is 0 Å². The van der Waals surface area contributed by atoms with Crippen LogP contribution >= 0.6 is 0 Å². The van der Waals surface area contributed by atoms with Crippen molar-refractivity contribution in [3.63, 3.8) is 0 Å². The molecule has 1 aliphatic rings. The SMILES string of the molecule is C=C1[CH+]C(=O)[C+]=C(C)C1=C. The highest BCUT2D eigenvalue weighted by molar-refractivity contribution is 6.00. The summed E-state index contributed by atoms with van der Waals surface area (Å²) in [4.78, 5) is 10.7. The predicted molar refractivity (Wildman–Crippen MR) is 40.0 cm³/mol. The number of rotatable bonds is 0. The van der Waals surface area contributed by atoms with Gasteiger partial charge in [0.05, 0.1) is 6.58 Å². The summed E-state index contributed by atoms with van der Waals surface area (Å²) in [6.45, 7) is 9.19. The average Bonchev–Trinajstić information content (AvgIpc) is 1.82. The Balaban J connectivity index is 3.03. The summed E-state index contributed by atoms with van der Waals surface area (Å²) < 4.78 is 0. The third-order valence-corrected chi connectivity index (χ3v) is 1.46. The number of Topliss-reactive ketones (excluding diaryl/α,β-unsaturated/α-hetero) is 1. The average molecular weight is 132 g/mol. The highest BCUT2D eigenvalue weighted by Gasteiger charge is 2.32.